The van der Waals surface area contributed by atoms with Gasteiger partial charge in [-0.25, -0.2) is 9.78 Å². The van der Waals surface area contributed by atoms with E-state index in [1.54, 1.807) is 4.57 Å². The van der Waals surface area contributed by atoms with Gasteiger partial charge in [-0.15, -0.1) is 0 Å². The predicted molar refractivity (Wildman–Crippen MR) is 84.2 cm³/mol. The molecule has 22 heavy (non-hydrogen) atoms. The number of nitrogens with one attached hydrogen (secondary N) is 1. The van der Waals surface area contributed by atoms with Crippen molar-refractivity contribution in [2.75, 3.05) is 12.4 Å². The average Bonchev–Trinajstić information content (AvgIpc) is 2.80. The summed E-state index contributed by atoms with van der Waals surface area (Å²) < 4.78 is 2.92. The zero-order valence-electron chi connectivity index (χ0n) is 12.4. The highest BCUT2D eigenvalue weighted by Crippen LogP contribution is 2.23. The maximum atomic E-state index is 12.1. The first kappa shape index (κ1) is 16.5. The SMILES string of the molecule is C=C(C)Cn1c(SC[C@@H](O)CO)nc2c1c(=O)[nH]c(=O)n2C. The zero-order chi connectivity index (χ0) is 16.4. The smallest absolute Gasteiger partial charge is 0.329 e. The quantitative estimate of drug-likeness (QED) is 0.485. The number of allylic oxidation sites excluding steroid dienone is 1. The Hall–Kier alpha value is -1.84. The Morgan fingerprint density at radius 3 is 2.77 bits per heavy atom. The van der Waals surface area contributed by atoms with Crippen molar-refractivity contribution in [3.05, 3.63) is 33.0 Å². The third-order valence-corrected chi connectivity index (χ3v) is 4.14. The number of aromatic amines is 1. The number of nitrogens with zero attached hydrogens (tertiary/aromatic N) is 3. The number of aryl methyl sites for hydroxylation is 1. The number of fused-ring (bicyclic) bond motifs is 1. The van der Waals surface area contributed by atoms with Gasteiger partial charge in [-0.1, -0.05) is 23.9 Å². The minimum Gasteiger partial charge on any atom is -0.394 e. The molecule has 2 rings (SSSR count). The van der Waals surface area contributed by atoms with Crippen LogP contribution in [0.15, 0.2) is 26.9 Å². The van der Waals surface area contributed by atoms with E-state index in [4.69, 9.17) is 5.11 Å². The molecule has 8 nitrogen and oxygen atoms in total. The molecule has 0 spiro atoms. The summed E-state index contributed by atoms with van der Waals surface area (Å²) in [5, 5.41) is 18.8. The predicted octanol–water partition coefficient (Wildman–Crippen LogP) is -0.555. The van der Waals surface area contributed by atoms with E-state index in [0.717, 1.165) is 5.57 Å². The molecule has 120 valence electrons. The molecule has 0 aliphatic heterocycles. The summed E-state index contributed by atoms with van der Waals surface area (Å²) in [5.41, 5.74) is 0.324. The summed E-state index contributed by atoms with van der Waals surface area (Å²) in [6, 6.07) is 0. The fraction of sp³-hybridized carbons (Fsp3) is 0.462. The van der Waals surface area contributed by atoms with E-state index in [0.29, 0.717) is 11.7 Å². The number of hydrogen-bond acceptors (Lipinski definition) is 6. The van der Waals surface area contributed by atoms with Crippen LogP contribution in [0, 0.1) is 0 Å². The Balaban J connectivity index is 2.61. The summed E-state index contributed by atoms with van der Waals surface area (Å²) in [7, 11) is 1.52. The van der Waals surface area contributed by atoms with Crippen LogP contribution in [0.5, 0.6) is 0 Å². The van der Waals surface area contributed by atoms with Gasteiger partial charge in [-0.3, -0.25) is 14.3 Å². The van der Waals surface area contributed by atoms with Gasteiger partial charge in [0.25, 0.3) is 5.56 Å². The van der Waals surface area contributed by atoms with Crippen molar-refractivity contribution in [1.29, 1.82) is 0 Å². The molecule has 0 amide bonds. The van der Waals surface area contributed by atoms with Crippen LogP contribution >= 0.6 is 11.8 Å². The Bertz CT molecular complexity index is 820. The van der Waals surface area contributed by atoms with E-state index in [1.807, 2.05) is 6.92 Å². The van der Waals surface area contributed by atoms with Gasteiger partial charge in [0.2, 0.25) is 0 Å². The Morgan fingerprint density at radius 2 is 2.18 bits per heavy atom. The normalized spacial score (nSPS) is 12.7. The largest absolute Gasteiger partial charge is 0.394 e. The van der Waals surface area contributed by atoms with E-state index in [9.17, 15) is 14.7 Å². The van der Waals surface area contributed by atoms with Crippen LogP contribution in [-0.2, 0) is 13.6 Å². The summed E-state index contributed by atoms with van der Waals surface area (Å²) in [6.07, 6.45) is -0.884. The van der Waals surface area contributed by atoms with Crippen molar-refractivity contribution in [3.63, 3.8) is 0 Å². The molecule has 0 saturated carbocycles. The molecule has 0 aromatic carbocycles. The van der Waals surface area contributed by atoms with Crippen molar-refractivity contribution >= 4 is 22.9 Å². The Labute approximate surface area is 130 Å². The van der Waals surface area contributed by atoms with Gasteiger partial charge in [0.05, 0.1) is 12.7 Å². The van der Waals surface area contributed by atoms with Crippen LogP contribution in [0.4, 0.5) is 0 Å². The Morgan fingerprint density at radius 1 is 1.50 bits per heavy atom. The summed E-state index contributed by atoms with van der Waals surface area (Å²) in [4.78, 5) is 30.3. The lowest BCUT2D eigenvalue weighted by Gasteiger charge is -2.09. The second-order valence-electron chi connectivity index (χ2n) is 5.08. The third kappa shape index (κ3) is 3.16. The molecular formula is C13H18N4O4S. The minimum atomic E-state index is -0.884. The first-order chi connectivity index (χ1) is 10.3. The molecule has 3 N–H and O–H groups in total. The van der Waals surface area contributed by atoms with Gasteiger partial charge in [0.15, 0.2) is 16.3 Å². The molecule has 2 aromatic rings. The van der Waals surface area contributed by atoms with E-state index < -0.39 is 17.4 Å². The van der Waals surface area contributed by atoms with E-state index >= 15 is 0 Å². The highest BCUT2D eigenvalue weighted by atomic mass is 32.2. The molecule has 0 saturated heterocycles. The zero-order valence-corrected chi connectivity index (χ0v) is 13.2. The second kappa shape index (κ2) is 6.51. The first-order valence-electron chi connectivity index (χ1n) is 6.60. The maximum absolute atomic E-state index is 12.1. The van der Waals surface area contributed by atoms with Crippen molar-refractivity contribution in [1.82, 2.24) is 19.1 Å². The van der Waals surface area contributed by atoms with Gasteiger partial charge in [-0.05, 0) is 6.92 Å². The van der Waals surface area contributed by atoms with Crippen LogP contribution in [0.3, 0.4) is 0 Å². The summed E-state index contributed by atoms with van der Waals surface area (Å²) >= 11 is 1.20. The highest BCUT2D eigenvalue weighted by Gasteiger charge is 2.18. The number of H-pyrrole nitrogens is 1. The molecule has 9 heteroatoms. The van der Waals surface area contributed by atoms with Crippen molar-refractivity contribution in [2.45, 2.75) is 24.7 Å². The first-order valence-corrected chi connectivity index (χ1v) is 7.59. The number of rotatable bonds is 6. The van der Waals surface area contributed by atoms with Crippen molar-refractivity contribution in [3.8, 4) is 0 Å². The molecule has 0 bridgehead atoms. The monoisotopic (exact) mass is 326 g/mol. The van der Waals surface area contributed by atoms with Gasteiger partial charge < -0.3 is 14.8 Å². The van der Waals surface area contributed by atoms with E-state index in [2.05, 4.69) is 16.5 Å². The number of aliphatic hydroxyl groups is 2. The molecule has 2 aromatic heterocycles. The topological polar surface area (TPSA) is 113 Å². The fourth-order valence-corrected chi connectivity index (χ4v) is 2.87. The van der Waals surface area contributed by atoms with Crippen LogP contribution in [0.25, 0.3) is 11.2 Å². The number of aromatic nitrogens is 4. The highest BCUT2D eigenvalue weighted by molar-refractivity contribution is 7.99. The molecule has 2 heterocycles. The fourth-order valence-electron chi connectivity index (χ4n) is 1.96. The second-order valence-corrected chi connectivity index (χ2v) is 6.06. The van der Waals surface area contributed by atoms with Gasteiger partial charge in [0, 0.05) is 19.3 Å². The lowest BCUT2D eigenvalue weighted by molar-refractivity contribution is 0.113. The molecule has 1 atom stereocenters. The number of thioether (sulfide) groups is 1. The number of hydrogen-bond donors (Lipinski definition) is 3. The maximum Gasteiger partial charge on any atom is 0.329 e. The summed E-state index contributed by atoms with van der Waals surface area (Å²) in [5.74, 6) is 0.224. The molecule has 0 aliphatic carbocycles. The minimum absolute atomic E-state index is 0.224. The average molecular weight is 326 g/mol. The standard InChI is InChI=1S/C13H18N4O4S/c1-7(2)4-17-9-10(16(3)12(21)15-11(9)20)14-13(17)22-6-8(19)5-18/h8,18-19H,1,4-6H2,2-3H3,(H,15,20,21)/t8-/m0/s1. The third-order valence-electron chi connectivity index (χ3n) is 3.02. The van der Waals surface area contributed by atoms with Crippen LogP contribution < -0.4 is 11.2 Å². The van der Waals surface area contributed by atoms with Gasteiger partial charge in [-0.2, -0.15) is 0 Å². The molecule has 0 radical (unpaired) electrons. The lowest BCUT2D eigenvalue weighted by Crippen LogP contribution is -2.29. The Kier molecular flexibility index (Phi) is 4.89. The number of aliphatic hydroxyl groups excluding tert-OH is 2. The van der Waals surface area contributed by atoms with E-state index in [-0.39, 0.29) is 23.5 Å². The van der Waals surface area contributed by atoms with E-state index in [1.165, 1.54) is 23.4 Å². The molecular weight excluding hydrogens is 308 g/mol. The lowest BCUT2D eigenvalue weighted by atomic mass is 10.3. The van der Waals surface area contributed by atoms with Gasteiger partial charge in [0.1, 0.15) is 0 Å². The molecule has 0 aliphatic rings. The van der Waals surface area contributed by atoms with Crippen LogP contribution in [0.2, 0.25) is 0 Å². The van der Waals surface area contributed by atoms with Crippen molar-refractivity contribution in [2.24, 2.45) is 7.05 Å². The van der Waals surface area contributed by atoms with Crippen LogP contribution in [-0.4, -0.2) is 47.8 Å². The van der Waals surface area contributed by atoms with Gasteiger partial charge >= 0.3 is 5.69 Å². The van der Waals surface area contributed by atoms with Crippen LogP contribution in [0.1, 0.15) is 6.92 Å². The summed E-state index contributed by atoms with van der Waals surface area (Å²) in [6.45, 7) is 5.67. The molecule has 0 unspecified atom stereocenters. The number of imidazole rings is 1. The van der Waals surface area contributed by atoms with Crippen molar-refractivity contribution < 1.29 is 10.2 Å². The molecule has 0 fully saturated rings.